The van der Waals surface area contributed by atoms with E-state index in [1.807, 2.05) is 13.8 Å². The van der Waals surface area contributed by atoms with Gasteiger partial charge in [0, 0.05) is 29.6 Å². The summed E-state index contributed by atoms with van der Waals surface area (Å²) in [5.74, 6) is 0.343. The molecule has 1 aromatic carbocycles. The molecule has 2 amide bonds. The van der Waals surface area contributed by atoms with Crippen molar-refractivity contribution in [3.8, 4) is 5.75 Å². The molecule has 1 atom stereocenters. The highest BCUT2D eigenvalue weighted by Gasteiger charge is 2.45. The number of carbonyl (C=O) groups is 2. The second-order valence-electron chi connectivity index (χ2n) is 11.2. The van der Waals surface area contributed by atoms with Gasteiger partial charge >= 0.3 is 6.09 Å². The predicted octanol–water partition coefficient (Wildman–Crippen LogP) is 4.54. The number of likely N-dealkylation sites (tertiary alicyclic amines) is 1. The minimum atomic E-state index is -3.80. The molecule has 1 saturated heterocycles. The molecule has 1 N–H and O–H groups in total. The van der Waals surface area contributed by atoms with E-state index < -0.39 is 27.8 Å². The van der Waals surface area contributed by atoms with Crippen molar-refractivity contribution in [1.29, 1.82) is 0 Å². The third kappa shape index (κ3) is 7.83. The Balaban J connectivity index is 1.73. The highest BCUT2D eigenvalue weighted by atomic mass is 79.9. The highest BCUT2D eigenvalue weighted by Crippen LogP contribution is 2.39. The van der Waals surface area contributed by atoms with Crippen LogP contribution in [0.5, 0.6) is 5.75 Å². The van der Waals surface area contributed by atoms with E-state index in [0.717, 1.165) is 12.8 Å². The quantitative estimate of drug-likeness (QED) is 0.445. The second kappa shape index (κ2) is 11.9. The van der Waals surface area contributed by atoms with Gasteiger partial charge in [-0.3, -0.25) is 4.79 Å². The third-order valence-electron chi connectivity index (χ3n) is 6.42. The van der Waals surface area contributed by atoms with Crippen LogP contribution in [0.15, 0.2) is 27.6 Å². The number of benzene rings is 1. The maximum absolute atomic E-state index is 13.8. The summed E-state index contributed by atoms with van der Waals surface area (Å²) in [7, 11) is -2.34. The number of sulfonamides is 1. The maximum Gasteiger partial charge on any atom is 0.408 e. The van der Waals surface area contributed by atoms with Crippen LogP contribution in [-0.4, -0.2) is 73.5 Å². The van der Waals surface area contributed by atoms with E-state index in [9.17, 15) is 18.0 Å². The number of piperidine rings is 1. The first-order valence-electron chi connectivity index (χ1n) is 12.9. The van der Waals surface area contributed by atoms with E-state index in [0.29, 0.717) is 42.6 Å². The van der Waals surface area contributed by atoms with Gasteiger partial charge in [-0.15, -0.1) is 0 Å². The fraction of sp³-hybridized carbons (Fsp3) is 0.692. The lowest BCUT2D eigenvalue weighted by molar-refractivity contribution is -0.135. The van der Waals surface area contributed by atoms with Crippen molar-refractivity contribution < 1.29 is 27.5 Å². The second-order valence-corrected chi connectivity index (χ2v) is 14.0. The van der Waals surface area contributed by atoms with E-state index >= 15 is 0 Å². The lowest BCUT2D eigenvalue weighted by atomic mass is 10.00. The standard InChI is InChI=1S/C26H40BrN3O6S/c1-17(2)15-21(28-25(32)36-26(3,4)5)24(31)29-13-11-20(12-14-29)30(19-8-9-19)37(33,34)23-16-18(27)7-10-22(23)35-6/h7,10,16-17,19-21H,8-9,11-15H2,1-6H3,(H,28,32)/t21-/m1/s1. The molecule has 208 valence electrons. The Bertz CT molecular complexity index is 1080. The number of rotatable bonds is 9. The van der Waals surface area contributed by atoms with Crippen LogP contribution in [0, 0.1) is 5.92 Å². The Hall–Kier alpha value is -1.85. The van der Waals surface area contributed by atoms with Crippen molar-refractivity contribution in [3.05, 3.63) is 22.7 Å². The predicted molar refractivity (Wildman–Crippen MR) is 145 cm³/mol. The first-order valence-corrected chi connectivity index (χ1v) is 15.1. The normalized spacial score (nSPS) is 18.1. The topological polar surface area (TPSA) is 105 Å². The van der Waals surface area contributed by atoms with Crippen molar-refractivity contribution in [2.75, 3.05) is 20.2 Å². The monoisotopic (exact) mass is 601 g/mol. The summed E-state index contributed by atoms with van der Waals surface area (Å²) >= 11 is 3.38. The molecule has 1 saturated carbocycles. The summed E-state index contributed by atoms with van der Waals surface area (Å²) in [5, 5.41) is 2.75. The molecule has 0 spiro atoms. The van der Waals surface area contributed by atoms with Gasteiger partial charge in [0.25, 0.3) is 0 Å². The average molecular weight is 603 g/mol. The third-order valence-corrected chi connectivity index (χ3v) is 8.94. The largest absolute Gasteiger partial charge is 0.495 e. The lowest BCUT2D eigenvalue weighted by Crippen LogP contribution is -2.54. The number of nitrogens with one attached hydrogen (secondary N) is 1. The minimum absolute atomic E-state index is 0.0385. The fourth-order valence-electron chi connectivity index (χ4n) is 4.69. The molecule has 1 heterocycles. The first kappa shape index (κ1) is 29.7. The number of hydrogen-bond donors (Lipinski definition) is 1. The van der Waals surface area contributed by atoms with Gasteiger partial charge in [0.1, 0.15) is 22.3 Å². The number of hydrogen-bond acceptors (Lipinski definition) is 6. The number of nitrogens with zero attached hydrogens (tertiary/aromatic N) is 2. The van der Waals surface area contributed by atoms with E-state index in [2.05, 4.69) is 21.2 Å². The Labute approximate surface area is 229 Å². The molecule has 0 radical (unpaired) electrons. The van der Waals surface area contributed by atoms with Crippen molar-refractivity contribution in [2.45, 2.75) is 95.3 Å². The maximum atomic E-state index is 13.8. The Morgan fingerprint density at radius 1 is 1.14 bits per heavy atom. The van der Waals surface area contributed by atoms with E-state index in [-0.39, 0.29) is 28.8 Å². The van der Waals surface area contributed by atoms with Gasteiger partial charge < -0.3 is 19.7 Å². The van der Waals surface area contributed by atoms with Crippen LogP contribution in [0.3, 0.4) is 0 Å². The Morgan fingerprint density at radius 3 is 2.24 bits per heavy atom. The molecule has 3 rings (SSSR count). The molecule has 9 nitrogen and oxygen atoms in total. The molecule has 2 fully saturated rings. The average Bonchev–Trinajstić information content (AvgIpc) is 3.62. The van der Waals surface area contributed by atoms with Crippen LogP contribution >= 0.6 is 15.9 Å². The van der Waals surface area contributed by atoms with Gasteiger partial charge in [-0.2, -0.15) is 4.31 Å². The van der Waals surface area contributed by atoms with Crippen LogP contribution in [0.2, 0.25) is 0 Å². The minimum Gasteiger partial charge on any atom is -0.495 e. The molecule has 0 bridgehead atoms. The Kier molecular flexibility index (Phi) is 9.56. The molecule has 1 aromatic rings. The number of alkyl carbamates (subject to hydrolysis) is 1. The molecule has 37 heavy (non-hydrogen) atoms. The van der Waals surface area contributed by atoms with Crippen LogP contribution in [-0.2, 0) is 19.6 Å². The van der Waals surface area contributed by atoms with Crippen molar-refractivity contribution >= 4 is 38.0 Å². The summed E-state index contributed by atoms with van der Waals surface area (Å²) < 4.78 is 40.7. The van der Waals surface area contributed by atoms with E-state index in [4.69, 9.17) is 9.47 Å². The fourth-order valence-corrected chi connectivity index (χ4v) is 7.32. The molecule has 1 aliphatic heterocycles. The van der Waals surface area contributed by atoms with Crippen molar-refractivity contribution in [3.63, 3.8) is 0 Å². The highest BCUT2D eigenvalue weighted by molar-refractivity contribution is 9.10. The summed E-state index contributed by atoms with van der Waals surface area (Å²) in [6.07, 6.45) is 2.58. The molecule has 2 aliphatic rings. The van der Waals surface area contributed by atoms with Gasteiger partial charge in [-0.05, 0) is 77.0 Å². The zero-order chi connectivity index (χ0) is 27.5. The zero-order valence-corrected chi connectivity index (χ0v) is 25.0. The molecular weight excluding hydrogens is 562 g/mol. The smallest absolute Gasteiger partial charge is 0.408 e. The van der Waals surface area contributed by atoms with Crippen LogP contribution in [0.1, 0.15) is 66.7 Å². The van der Waals surface area contributed by atoms with Gasteiger partial charge in [-0.1, -0.05) is 29.8 Å². The summed E-state index contributed by atoms with van der Waals surface area (Å²) in [6.45, 7) is 10.2. The van der Waals surface area contributed by atoms with Crippen molar-refractivity contribution in [2.24, 2.45) is 5.92 Å². The van der Waals surface area contributed by atoms with Crippen LogP contribution in [0.4, 0.5) is 4.79 Å². The first-order chi connectivity index (χ1) is 17.2. The Morgan fingerprint density at radius 2 is 1.73 bits per heavy atom. The number of halogens is 1. The summed E-state index contributed by atoms with van der Waals surface area (Å²) in [6, 6.07) is 4.04. The SMILES string of the molecule is COc1ccc(Br)cc1S(=O)(=O)N(C1CC1)C1CCN(C(=O)[C@@H](CC(C)C)NC(=O)OC(C)(C)C)CC1. The van der Waals surface area contributed by atoms with E-state index in [1.165, 1.54) is 7.11 Å². The van der Waals surface area contributed by atoms with Gasteiger partial charge in [0.05, 0.1) is 7.11 Å². The van der Waals surface area contributed by atoms with Crippen LogP contribution < -0.4 is 10.1 Å². The van der Waals surface area contributed by atoms with Gasteiger partial charge in [-0.25, -0.2) is 13.2 Å². The number of methoxy groups -OCH3 is 1. The lowest BCUT2D eigenvalue weighted by Gasteiger charge is -2.39. The van der Waals surface area contributed by atoms with Gasteiger partial charge in [0.15, 0.2) is 0 Å². The van der Waals surface area contributed by atoms with Crippen LogP contribution in [0.25, 0.3) is 0 Å². The molecule has 0 unspecified atom stereocenters. The molecular formula is C26H40BrN3O6S. The number of amides is 2. The number of carbonyl (C=O) groups excluding carboxylic acids is 2. The summed E-state index contributed by atoms with van der Waals surface area (Å²) in [4.78, 5) is 27.7. The van der Waals surface area contributed by atoms with Gasteiger partial charge in [0.2, 0.25) is 15.9 Å². The number of ether oxygens (including phenoxy) is 2. The molecule has 1 aliphatic carbocycles. The van der Waals surface area contributed by atoms with Crippen molar-refractivity contribution in [1.82, 2.24) is 14.5 Å². The van der Waals surface area contributed by atoms with E-state index in [1.54, 1.807) is 48.2 Å². The summed E-state index contributed by atoms with van der Waals surface area (Å²) in [5.41, 5.74) is -0.664. The molecule has 11 heteroatoms. The zero-order valence-electron chi connectivity index (χ0n) is 22.6. The molecule has 0 aromatic heterocycles.